The molecule has 2 aromatic carbocycles. The van der Waals surface area contributed by atoms with E-state index >= 15 is 0 Å². The molecule has 2 heterocycles. The summed E-state index contributed by atoms with van der Waals surface area (Å²) in [4.78, 5) is 185. The first-order valence-corrected chi connectivity index (χ1v) is 33.6. The monoisotopic (exact) mass is 1350 g/mol. The van der Waals surface area contributed by atoms with Crippen molar-refractivity contribution in [1.29, 1.82) is 0 Å². The predicted octanol–water partition coefficient (Wildman–Crippen LogP) is -3.71. The zero-order valence-corrected chi connectivity index (χ0v) is 55.3. The third-order valence-corrected chi connectivity index (χ3v) is 16.7. The Bertz CT molecular complexity index is 2960. The SMILES string of the molecule is CSCC[C@H](NC(=O)[C@@H](CC(C)C)NC(=O)CNC(=O)[C@H](Cc1ccccc1)NC(=O)[C@@H](Cc1ccccc1)NC(=O)[C@H](CCC(N)=O)NC(=O)[C@@H](CCC(N)=O)NC(=O)[C@H]1CCCN1C(=O)[C@@H](CCCCN)NC(=O)[C@H]1CCCN1C(=O)[C@@H](N)CCCN=C(N)N)C(N)=O. The van der Waals surface area contributed by atoms with Crippen LogP contribution in [-0.2, 0) is 75.2 Å². The molecule has 2 aromatic rings. The molecule has 22 N–H and O–H groups in total. The number of amides is 13. The highest BCUT2D eigenvalue weighted by Crippen LogP contribution is 2.24. The Hall–Kier alpha value is -8.91. The lowest BCUT2D eigenvalue weighted by molar-refractivity contribution is -0.144. The second-order valence-corrected chi connectivity index (χ2v) is 25.1. The zero-order valence-electron chi connectivity index (χ0n) is 54.5. The number of hydrogen-bond acceptors (Lipinski definition) is 17. The van der Waals surface area contributed by atoms with Gasteiger partial charge in [-0.1, -0.05) is 74.5 Å². The minimum absolute atomic E-state index is 0.0736. The molecule has 524 valence electrons. The van der Waals surface area contributed by atoms with Crippen molar-refractivity contribution in [2.75, 3.05) is 44.7 Å². The highest BCUT2D eigenvalue weighted by atomic mass is 32.2. The van der Waals surface area contributed by atoms with Crippen LogP contribution >= 0.6 is 11.8 Å². The number of guanidine groups is 1. The maximum atomic E-state index is 14.7. The van der Waals surface area contributed by atoms with Crippen LogP contribution < -0.4 is 82.7 Å². The number of nitrogens with one attached hydrogen (secondary N) is 8. The molecule has 32 heteroatoms. The van der Waals surface area contributed by atoms with E-state index in [9.17, 15) is 62.3 Å². The molecule has 0 radical (unpaired) electrons. The zero-order chi connectivity index (χ0) is 70.1. The standard InChI is InChI=1S/C63H98N18O13S/c1-37(2)33-45(57(89)74-41(53(68)85)27-32-95-3)73-52(84)36-72-54(86)46(34-38-15-6-4-7-16-38)78-58(90)47(35-39-17-8-5-9-18-39)79-56(88)42(23-25-50(66)82)75-55(87)43(24-26-51(67)83)76-59(91)49-22-14-31-81(49)62(94)44(20-10-11-28-64)77-60(92)48-21-13-30-80(48)61(93)40(65)19-12-29-71-63(69)70/h4-9,15-18,37,40-49H,10-14,19-36,64-65H2,1-3H3,(H2,66,82)(H2,67,83)(H2,68,85)(H,72,86)(H,73,84)(H,74,89)(H,75,87)(H,76,91)(H,77,92)(H,78,90)(H,79,88)(H4,69,70,71)/t40-,41-,42-,43+,44+,45+,46-,47+,48+,49+/m0/s1. The molecule has 31 nitrogen and oxygen atoms in total. The van der Waals surface area contributed by atoms with E-state index in [4.69, 9.17) is 40.1 Å². The van der Waals surface area contributed by atoms with Gasteiger partial charge in [-0.2, -0.15) is 11.8 Å². The summed E-state index contributed by atoms with van der Waals surface area (Å²) in [6.07, 6.45) is 3.12. The number of primary amides is 3. The van der Waals surface area contributed by atoms with Crippen LogP contribution in [0, 0.1) is 5.92 Å². The highest BCUT2D eigenvalue weighted by molar-refractivity contribution is 7.98. The van der Waals surface area contributed by atoms with E-state index < -0.39 is 169 Å². The molecule has 13 amide bonds. The molecule has 2 aliphatic rings. The van der Waals surface area contributed by atoms with Crippen molar-refractivity contribution in [2.45, 2.75) is 183 Å². The predicted molar refractivity (Wildman–Crippen MR) is 356 cm³/mol. The molecule has 95 heavy (non-hydrogen) atoms. The largest absolute Gasteiger partial charge is 0.370 e. The van der Waals surface area contributed by atoms with Gasteiger partial charge in [-0.25, -0.2) is 0 Å². The Kier molecular flexibility index (Phi) is 33.9. The normalized spacial score (nSPS) is 16.8. The van der Waals surface area contributed by atoms with Gasteiger partial charge in [0, 0.05) is 45.3 Å². The van der Waals surface area contributed by atoms with Crippen LogP contribution in [0.1, 0.15) is 121 Å². The second-order valence-electron chi connectivity index (χ2n) is 24.1. The summed E-state index contributed by atoms with van der Waals surface area (Å²) in [6.45, 7) is 3.86. The van der Waals surface area contributed by atoms with Crippen LogP contribution in [0.15, 0.2) is 65.7 Å². The molecule has 0 spiro atoms. The third-order valence-electron chi connectivity index (χ3n) is 16.0. The summed E-state index contributed by atoms with van der Waals surface area (Å²) in [6, 6.07) is 4.51. The van der Waals surface area contributed by atoms with E-state index in [1.807, 2.05) is 20.1 Å². The van der Waals surface area contributed by atoms with E-state index in [1.165, 1.54) is 21.6 Å². The molecule has 2 saturated heterocycles. The van der Waals surface area contributed by atoms with Gasteiger partial charge < -0.3 is 92.5 Å². The smallest absolute Gasteiger partial charge is 0.245 e. The van der Waals surface area contributed by atoms with Gasteiger partial charge in [0.05, 0.1) is 12.6 Å². The molecule has 0 saturated carbocycles. The maximum Gasteiger partial charge on any atom is 0.245 e. The van der Waals surface area contributed by atoms with Crippen molar-refractivity contribution in [1.82, 2.24) is 52.3 Å². The second kappa shape index (κ2) is 41.0. The van der Waals surface area contributed by atoms with E-state index in [0.717, 1.165) is 0 Å². The lowest BCUT2D eigenvalue weighted by Gasteiger charge is -2.32. The number of aliphatic imine (C=N–C) groups is 1. The third kappa shape index (κ3) is 27.5. The molecule has 2 fully saturated rings. The van der Waals surface area contributed by atoms with E-state index in [1.54, 1.807) is 60.7 Å². The van der Waals surface area contributed by atoms with Crippen molar-refractivity contribution in [3.63, 3.8) is 0 Å². The quantitative estimate of drug-likeness (QED) is 0.0173. The van der Waals surface area contributed by atoms with Crippen molar-refractivity contribution in [3.05, 3.63) is 71.8 Å². The Morgan fingerprint density at radius 2 is 1.01 bits per heavy atom. The summed E-state index contributed by atoms with van der Waals surface area (Å²) in [7, 11) is 0. The minimum atomic E-state index is -1.64. The van der Waals surface area contributed by atoms with E-state index in [0.29, 0.717) is 55.4 Å². The molecule has 0 bridgehead atoms. The van der Waals surface area contributed by atoms with Crippen molar-refractivity contribution in [2.24, 2.45) is 51.0 Å². The fraction of sp³-hybridized carbons (Fsp3) is 0.587. The van der Waals surface area contributed by atoms with Crippen molar-refractivity contribution < 1.29 is 62.3 Å². The summed E-state index contributed by atoms with van der Waals surface area (Å²) in [5.74, 6) is -9.80. The number of unbranched alkanes of at least 4 members (excludes halogenated alkanes) is 1. The summed E-state index contributed by atoms with van der Waals surface area (Å²) < 4.78 is 0. The molecule has 0 aromatic heterocycles. The summed E-state index contributed by atoms with van der Waals surface area (Å²) in [5.41, 5.74) is 40.6. The topological polar surface area (TPSA) is 519 Å². The molecule has 4 rings (SSSR count). The average Bonchev–Trinajstić information content (AvgIpc) is 1.74. The Morgan fingerprint density at radius 1 is 0.537 bits per heavy atom. The number of nitrogens with two attached hydrogens (primary N) is 7. The van der Waals surface area contributed by atoms with Gasteiger partial charge in [0.2, 0.25) is 76.8 Å². The van der Waals surface area contributed by atoms with Gasteiger partial charge in [0.1, 0.15) is 54.4 Å². The number of rotatable bonds is 42. The van der Waals surface area contributed by atoms with Crippen LogP contribution in [0.3, 0.4) is 0 Å². The van der Waals surface area contributed by atoms with Crippen molar-refractivity contribution >= 4 is 94.5 Å². The summed E-state index contributed by atoms with van der Waals surface area (Å²) in [5, 5.41) is 21.1. The fourth-order valence-corrected chi connectivity index (χ4v) is 11.5. The first kappa shape index (κ1) is 78.5. The molecule has 10 atom stereocenters. The van der Waals surface area contributed by atoms with Crippen LogP contribution in [0.25, 0.3) is 0 Å². The number of likely N-dealkylation sites (tertiary alicyclic amines) is 2. The Balaban J connectivity index is 1.56. The van der Waals surface area contributed by atoms with Gasteiger partial charge in [0.15, 0.2) is 5.96 Å². The van der Waals surface area contributed by atoms with Crippen molar-refractivity contribution in [3.8, 4) is 0 Å². The van der Waals surface area contributed by atoms with Crippen LogP contribution in [0.5, 0.6) is 0 Å². The van der Waals surface area contributed by atoms with Crippen LogP contribution in [-0.4, -0.2) is 198 Å². The van der Waals surface area contributed by atoms with Gasteiger partial charge in [-0.15, -0.1) is 0 Å². The van der Waals surface area contributed by atoms with Gasteiger partial charge in [0.25, 0.3) is 0 Å². The number of hydrogen-bond donors (Lipinski definition) is 15. The molecule has 0 unspecified atom stereocenters. The number of thioether (sulfide) groups is 1. The maximum absolute atomic E-state index is 14.7. The van der Waals surface area contributed by atoms with Gasteiger partial charge >= 0.3 is 0 Å². The summed E-state index contributed by atoms with van der Waals surface area (Å²) >= 11 is 1.45. The van der Waals surface area contributed by atoms with E-state index in [-0.39, 0.29) is 83.0 Å². The van der Waals surface area contributed by atoms with Gasteiger partial charge in [-0.05, 0) is 119 Å². The number of nitrogens with zero attached hydrogens (tertiary/aromatic N) is 3. The van der Waals surface area contributed by atoms with Gasteiger partial charge in [-0.3, -0.25) is 67.3 Å². The molecular weight excluding hydrogens is 1250 g/mol. The van der Waals surface area contributed by atoms with Crippen LogP contribution in [0.2, 0.25) is 0 Å². The number of benzene rings is 2. The Labute approximate surface area is 558 Å². The molecule has 2 aliphatic heterocycles. The fourth-order valence-electron chi connectivity index (χ4n) is 11.0. The van der Waals surface area contributed by atoms with E-state index in [2.05, 4.69) is 47.5 Å². The first-order chi connectivity index (χ1) is 45.2. The lowest BCUT2D eigenvalue weighted by atomic mass is 10.0. The number of carbonyl (C=O) groups is 13. The first-order valence-electron chi connectivity index (χ1n) is 32.2. The lowest BCUT2D eigenvalue weighted by Crippen LogP contribution is -2.60. The van der Waals surface area contributed by atoms with Crippen LogP contribution in [0.4, 0.5) is 0 Å². The highest BCUT2D eigenvalue weighted by Gasteiger charge is 2.42. The number of carbonyl (C=O) groups excluding carboxylic acids is 13. The molecule has 0 aliphatic carbocycles. The average molecular weight is 1350 g/mol. The molecular formula is C63H98N18O13S. The minimum Gasteiger partial charge on any atom is -0.370 e. The Morgan fingerprint density at radius 3 is 1.51 bits per heavy atom.